The highest BCUT2D eigenvalue weighted by molar-refractivity contribution is 5.98. The van der Waals surface area contributed by atoms with Crippen LogP contribution in [0, 0.1) is 0 Å². The van der Waals surface area contributed by atoms with E-state index < -0.39 is 0 Å². The van der Waals surface area contributed by atoms with Crippen LogP contribution >= 0.6 is 0 Å². The van der Waals surface area contributed by atoms with E-state index in [1.807, 2.05) is 87.9 Å². The number of carbonyl (C=O) groups excluding carboxylic acids is 9. The summed E-state index contributed by atoms with van der Waals surface area (Å²) in [4.78, 5) is 125. The molecular formula is C108H227N23O9. The molecule has 140 heavy (non-hydrogen) atoms. The van der Waals surface area contributed by atoms with Gasteiger partial charge in [0.25, 0.3) is 0 Å². The molecule has 0 saturated carbocycles. The molecule has 2 aliphatic heterocycles. The molecule has 0 aliphatic carbocycles. The van der Waals surface area contributed by atoms with Crippen LogP contribution in [0.5, 0.6) is 0 Å². The molecule has 2 aliphatic rings. The SMILES string of the molecule is CCC(=O)C(CCCCNC)NC.CCN1CCN(CC)CCN(CC)CCN(CC)CC1.CCN1CCN(CC)CCN(CC)CCN(CC)CC1.CCNCCCCC(NC(=O)C(CCCCNCC)NCC)C(=O)CC.CCNCCN(CC)CCNCC.CCNc1cc(NCC)cc(C(=O)CC)c1.CNC(CC(C)=O)C(C)=O.CNC(CC(C)=O)C(C)=O.CNCCCCC(NC)C(C)=O. The molecule has 6 unspecified atom stereocenters. The number of anilines is 2. The van der Waals surface area contributed by atoms with E-state index in [0.29, 0.717) is 37.9 Å². The van der Waals surface area contributed by atoms with E-state index in [1.54, 1.807) is 21.0 Å². The van der Waals surface area contributed by atoms with Crippen LogP contribution in [0.2, 0.25) is 0 Å². The lowest BCUT2D eigenvalue weighted by Crippen LogP contribution is -2.50. The maximum absolute atomic E-state index is 12.7. The van der Waals surface area contributed by atoms with Crippen molar-refractivity contribution in [3.8, 4) is 0 Å². The number of benzene rings is 1. The van der Waals surface area contributed by atoms with Gasteiger partial charge in [0.2, 0.25) is 5.91 Å². The second-order valence-electron chi connectivity index (χ2n) is 36.0. The molecule has 2 heterocycles. The van der Waals surface area contributed by atoms with Gasteiger partial charge in [-0.25, -0.2) is 0 Å². The van der Waals surface area contributed by atoms with Crippen molar-refractivity contribution in [1.82, 2.24) is 108 Å². The zero-order valence-electron chi connectivity index (χ0n) is 96.2. The molecule has 32 heteroatoms. The fourth-order valence-corrected chi connectivity index (χ4v) is 15.5. The minimum absolute atomic E-state index is 0.0118. The van der Waals surface area contributed by atoms with E-state index in [-0.39, 0.29) is 82.6 Å². The van der Waals surface area contributed by atoms with Gasteiger partial charge in [0.1, 0.15) is 34.7 Å². The summed E-state index contributed by atoms with van der Waals surface area (Å²) in [5.41, 5.74) is 2.77. The molecule has 1 aromatic carbocycles. The Labute approximate surface area is 860 Å². The fraction of sp³-hybridized carbons (Fsp3) is 0.861. The summed E-state index contributed by atoms with van der Waals surface area (Å²) in [6.45, 7) is 93.5. The Kier molecular flexibility index (Phi) is 109. The molecule has 3 rings (SSSR count). The zero-order valence-corrected chi connectivity index (χ0v) is 96.2. The first-order valence-electron chi connectivity index (χ1n) is 55.3. The predicted octanol–water partition coefficient (Wildman–Crippen LogP) is 10.0. The fourth-order valence-electron chi connectivity index (χ4n) is 15.5. The number of carbonyl (C=O) groups is 9. The monoisotopic (exact) mass is 1990 g/mol. The number of hydrogen-bond acceptors (Lipinski definition) is 31. The predicted molar refractivity (Wildman–Crippen MR) is 600 cm³/mol. The van der Waals surface area contributed by atoms with E-state index in [9.17, 15) is 43.2 Å². The van der Waals surface area contributed by atoms with Crippen LogP contribution in [0.3, 0.4) is 0 Å². The van der Waals surface area contributed by atoms with Gasteiger partial charge in [-0.05, 0) is 285 Å². The minimum Gasteiger partial charge on any atom is -0.385 e. The topological polar surface area (TPSA) is 351 Å². The molecule has 828 valence electrons. The first kappa shape index (κ1) is 146. The minimum atomic E-state index is -0.350. The van der Waals surface area contributed by atoms with Crippen molar-refractivity contribution in [2.75, 3.05) is 315 Å². The van der Waals surface area contributed by atoms with Gasteiger partial charge in [-0.2, -0.15) is 0 Å². The number of Topliss-reactive ketones (excluding diaryl/α,β-unsaturated/α-hetero) is 8. The summed E-state index contributed by atoms with van der Waals surface area (Å²) in [6, 6.07) is 4.83. The Morgan fingerprint density at radius 2 is 0.571 bits per heavy atom. The molecule has 1 aromatic rings. The van der Waals surface area contributed by atoms with E-state index in [4.69, 9.17) is 0 Å². The Bertz CT molecular complexity index is 2800. The highest BCUT2D eigenvalue weighted by atomic mass is 16.2. The highest BCUT2D eigenvalue weighted by Crippen LogP contribution is 2.21. The van der Waals surface area contributed by atoms with E-state index in [1.165, 1.54) is 185 Å². The van der Waals surface area contributed by atoms with Crippen molar-refractivity contribution in [3.63, 3.8) is 0 Å². The van der Waals surface area contributed by atoms with Crippen LogP contribution in [-0.4, -0.2) is 437 Å². The standard InChI is InChI=1S/C20H42N4O2.2C16H36N4.C13H20N2O.C10H25N3.C10H22N2O.C9H20N2O.2C7H13NO2/c1-5-19(25)17(13-9-11-15-21-6-2)24-20(26)18(23-8-4)14-10-12-16-22-7-3;2*1-5-17-9-11-18(6-2)13-15-20(8-4)16-14-19(7-3)12-10-17;1-4-13(16)10-7-11(14-5-2)9-12(8-10)15-6-3;1-4-11-7-9-13(6-3)10-8-12-5-2;1-4-10(13)9(12-3)7-5-6-8-11-2;1-8(12)9(11-3)6-4-5-7-10-2;2*1-5(9)4-7(8-3)6(2)10/h17-18,21-23H,5-16H2,1-4H3,(H,24,26);2*5-16H2,1-4H3;7-9,14-15H,4-6H2,1-3H3;11-12H,4-10H2,1-3H3;9,11-12H,4-8H2,1-3H3;9-11H,4-7H2,1-3H3;2*7-8H,4H2,1-3H3. The lowest BCUT2D eigenvalue weighted by Gasteiger charge is -2.33. The van der Waals surface area contributed by atoms with Gasteiger partial charge < -0.3 is 119 Å². The highest BCUT2D eigenvalue weighted by Gasteiger charge is 2.25. The third-order valence-electron chi connectivity index (χ3n) is 25.4. The smallest absolute Gasteiger partial charge is 0.237 e. The summed E-state index contributed by atoms with van der Waals surface area (Å²) in [7, 11) is 10.9. The number of unbranched alkanes of at least 4 members (excludes halogenated alkanes) is 4. The molecule has 6 atom stereocenters. The molecule has 0 aromatic heterocycles. The van der Waals surface area contributed by atoms with Crippen molar-refractivity contribution in [2.24, 2.45) is 0 Å². The molecular weight excluding hydrogens is 1760 g/mol. The largest absolute Gasteiger partial charge is 0.385 e. The number of ketones is 8. The molecule has 32 nitrogen and oxygen atoms in total. The Hall–Kier alpha value is -5.15. The number of amides is 1. The Morgan fingerprint density at radius 1 is 0.300 bits per heavy atom. The lowest BCUT2D eigenvalue weighted by molar-refractivity contribution is -0.129. The van der Waals surface area contributed by atoms with Gasteiger partial charge in [-0.15, -0.1) is 0 Å². The first-order valence-corrected chi connectivity index (χ1v) is 55.3. The van der Waals surface area contributed by atoms with Gasteiger partial charge in [0.15, 0.2) is 11.6 Å². The zero-order chi connectivity index (χ0) is 107. The lowest BCUT2D eigenvalue weighted by atomic mass is 10.0. The van der Waals surface area contributed by atoms with E-state index in [2.05, 4.69) is 209 Å². The Morgan fingerprint density at radius 3 is 0.800 bits per heavy atom. The molecule has 1 amide bonds. The van der Waals surface area contributed by atoms with Gasteiger partial charge in [0.05, 0.1) is 36.3 Å². The van der Waals surface area contributed by atoms with Crippen LogP contribution in [0.1, 0.15) is 286 Å². The van der Waals surface area contributed by atoms with Gasteiger partial charge in [0, 0.05) is 193 Å². The summed E-state index contributed by atoms with van der Waals surface area (Å²) in [5, 5.41) is 43.8. The van der Waals surface area contributed by atoms with Crippen LogP contribution in [-0.2, 0) is 38.4 Å². The molecule has 0 spiro atoms. The molecule has 0 bridgehead atoms. The maximum Gasteiger partial charge on any atom is 0.237 e. The van der Waals surface area contributed by atoms with Gasteiger partial charge >= 0.3 is 0 Å². The summed E-state index contributed by atoms with van der Waals surface area (Å²) in [5.74, 6) is 0.935. The van der Waals surface area contributed by atoms with Crippen molar-refractivity contribution in [2.45, 2.75) is 312 Å². The molecule has 2 saturated heterocycles. The Balaban J connectivity index is -0.000000367. The van der Waals surface area contributed by atoms with Gasteiger partial charge in [-0.1, -0.05) is 137 Å². The van der Waals surface area contributed by atoms with Crippen LogP contribution < -0.4 is 74.4 Å². The molecule has 0 radical (unpaired) electrons. The second kappa shape index (κ2) is 105. The first-order chi connectivity index (χ1) is 67.2. The second-order valence-corrected chi connectivity index (χ2v) is 36.0. The average Bonchev–Trinajstić information content (AvgIpc) is 0.850. The quantitative estimate of drug-likeness (QED) is 0.0213. The average molecular weight is 1990 g/mol. The number of nitrogens with one attached hydrogen (secondary N) is 14. The maximum atomic E-state index is 12.7. The number of likely N-dealkylation sites (N-methyl/N-ethyl adjacent to an activating group) is 16. The number of nitrogens with zero attached hydrogens (tertiary/aromatic N) is 9. The normalized spacial score (nSPS) is 15.4. The van der Waals surface area contributed by atoms with Crippen molar-refractivity contribution < 1.29 is 43.2 Å². The number of rotatable bonds is 64. The third-order valence-corrected chi connectivity index (χ3v) is 25.4. The van der Waals surface area contributed by atoms with Crippen molar-refractivity contribution in [1.29, 1.82) is 0 Å². The molecule has 2 fully saturated rings. The van der Waals surface area contributed by atoms with E-state index in [0.717, 1.165) is 199 Å². The molecule has 14 N–H and O–H groups in total. The summed E-state index contributed by atoms with van der Waals surface area (Å²) in [6.07, 6.45) is 14.2. The van der Waals surface area contributed by atoms with Crippen LogP contribution in [0.25, 0.3) is 0 Å². The van der Waals surface area contributed by atoms with E-state index >= 15 is 0 Å². The van der Waals surface area contributed by atoms with Crippen LogP contribution in [0.15, 0.2) is 18.2 Å². The van der Waals surface area contributed by atoms with Crippen molar-refractivity contribution in [3.05, 3.63) is 23.8 Å². The third kappa shape index (κ3) is 86.0. The van der Waals surface area contributed by atoms with Crippen LogP contribution in [0.4, 0.5) is 11.4 Å². The summed E-state index contributed by atoms with van der Waals surface area (Å²) < 4.78 is 0. The van der Waals surface area contributed by atoms with Gasteiger partial charge in [-0.3, -0.25) is 43.2 Å². The van der Waals surface area contributed by atoms with Crippen molar-refractivity contribution >= 4 is 63.5 Å². The number of hydrogen-bond donors (Lipinski definition) is 14. The summed E-state index contributed by atoms with van der Waals surface area (Å²) >= 11 is 0.